The quantitative estimate of drug-likeness (QED) is 0.194. The normalized spacial score (nSPS) is 14.2. The van der Waals surface area contributed by atoms with Crippen LogP contribution in [0.25, 0.3) is 17.1 Å². The molecule has 1 aromatic heterocycles. The molecular weight excluding hydrogens is 516 g/mol. The van der Waals surface area contributed by atoms with Gasteiger partial charge in [0.05, 0.1) is 18.8 Å². The highest BCUT2D eigenvalue weighted by Crippen LogP contribution is 2.38. The Bertz CT molecular complexity index is 1240. The average Bonchev–Trinajstić information content (AvgIpc) is 3.36. The summed E-state index contributed by atoms with van der Waals surface area (Å²) < 4.78 is 7.11. The maximum absolute atomic E-state index is 13.2. The second-order valence-electron chi connectivity index (χ2n) is 10.0. The SMILES string of the molecule is CC(C)c1cc(-c2nnc(C(=O)NCCCCCSN)n2-c2ccc(CN3CCOCC3)cc2)c(O)cc1O. The summed E-state index contributed by atoms with van der Waals surface area (Å²) in [5, 5.41) is 38.1. The molecule has 1 fully saturated rings. The van der Waals surface area contributed by atoms with Crippen molar-refractivity contribution in [2.45, 2.75) is 45.6 Å². The number of nitrogens with zero attached hydrogens (tertiary/aromatic N) is 4. The van der Waals surface area contributed by atoms with E-state index in [1.165, 1.54) is 18.0 Å². The van der Waals surface area contributed by atoms with Gasteiger partial charge in [-0.05, 0) is 48.1 Å². The Kier molecular flexibility index (Phi) is 10.2. The molecule has 0 spiro atoms. The van der Waals surface area contributed by atoms with Crippen LogP contribution in [0.4, 0.5) is 0 Å². The van der Waals surface area contributed by atoms with E-state index in [2.05, 4.69) is 20.4 Å². The van der Waals surface area contributed by atoms with Crippen molar-refractivity contribution in [3.63, 3.8) is 0 Å². The van der Waals surface area contributed by atoms with Gasteiger partial charge in [-0.2, -0.15) is 0 Å². The third kappa shape index (κ3) is 7.30. The summed E-state index contributed by atoms with van der Waals surface area (Å²) in [5.41, 5.74) is 2.90. The molecule has 0 radical (unpaired) electrons. The van der Waals surface area contributed by atoms with E-state index in [1.54, 1.807) is 10.6 Å². The Balaban J connectivity index is 1.65. The Morgan fingerprint density at radius 2 is 1.82 bits per heavy atom. The third-order valence-corrected chi connectivity index (χ3v) is 7.33. The first-order chi connectivity index (χ1) is 18.9. The summed E-state index contributed by atoms with van der Waals surface area (Å²) in [6.45, 7) is 8.50. The lowest BCUT2D eigenvalue weighted by atomic mass is 9.98. The van der Waals surface area contributed by atoms with E-state index < -0.39 is 0 Å². The minimum absolute atomic E-state index is 0.00998. The van der Waals surface area contributed by atoms with Crippen molar-refractivity contribution in [2.75, 3.05) is 38.6 Å². The second kappa shape index (κ2) is 13.8. The molecule has 11 heteroatoms. The molecule has 4 rings (SSSR count). The van der Waals surface area contributed by atoms with E-state index in [9.17, 15) is 15.0 Å². The minimum atomic E-state index is -0.346. The Hall–Kier alpha value is -3.12. The molecule has 2 aromatic carbocycles. The van der Waals surface area contributed by atoms with Gasteiger partial charge in [0.25, 0.3) is 5.91 Å². The van der Waals surface area contributed by atoms with Gasteiger partial charge in [-0.1, -0.05) is 44.3 Å². The van der Waals surface area contributed by atoms with E-state index >= 15 is 0 Å². The largest absolute Gasteiger partial charge is 0.508 e. The van der Waals surface area contributed by atoms with Crippen LogP contribution in [0.2, 0.25) is 0 Å². The predicted molar refractivity (Wildman–Crippen MR) is 153 cm³/mol. The number of aromatic hydroxyl groups is 2. The Labute approximate surface area is 233 Å². The number of carbonyl (C=O) groups is 1. The number of benzene rings is 2. The van der Waals surface area contributed by atoms with Crippen molar-refractivity contribution in [3.8, 4) is 28.6 Å². The summed E-state index contributed by atoms with van der Waals surface area (Å²) in [7, 11) is 0. The van der Waals surface area contributed by atoms with Gasteiger partial charge in [-0.3, -0.25) is 19.4 Å². The lowest BCUT2D eigenvalue weighted by molar-refractivity contribution is 0.0342. The smallest absolute Gasteiger partial charge is 0.289 e. The predicted octanol–water partition coefficient (Wildman–Crippen LogP) is 3.81. The van der Waals surface area contributed by atoms with Crippen LogP contribution in [-0.4, -0.2) is 74.4 Å². The number of phenols is 2. The van der Waals surface area contributed by atoms with Crippen LogP contribution in [0.3, 0.4) is 0 Å². The first-order valence-electron chi connectivity index (χ1n) is 13.4. The van der Waals surface area contributed by atoms with Crippen LogP contribution >= 0.6 is 11.9 Å². The van der Waals surface area contributed by atoms with Gasteiger partial charge in [0.2, 0.25) is 5.82 Å². The molecular formula is C28H38N6O4S. The molecule has 39 heavy (non-hydrogen) atoms. The van der Waals surface area contributed by atoms with Crippen LogP contribution in [0.5, 0.6) is 11.5 Å². The van der Waals surface area contributed by atoms with Crippen molar-refractivity contribution < 1.29 is 19.7 Å². The summed E-state index contributed by atoms with van der Waals surface area (Å²) >= 11 is 1.32. The zero-order valence-electron chi connectivity index (χ0n) is 22.6. The fraction of sp³-hybridized carbons (Fsp3) is 0.464. The van der Waals surface area contributed by atoms with Gasteiger partial charge in [0.15, 0.2) is 5.82 Å². The van der Waals surface area contributed by atoms with Gasteiger partial charge in [0.1, 0.15) is 11.5 Å². The maximum atomic E-state index is 13.2. The van der Waals surface area contributed by atoms with E-state index in [0.717, 1.165) is 63.4 Å². The van der Waals surface area contributed by atoms with Gasteiger partial charge in [0, 0.05) is 43.7 Å². The Morgan fingerprint density at radius 1 is 1.08 bits per heavy atom. The van der Waals surface area contributed by atoms with Crippen LogP contribution in [0.1, 0.15) is 60.8 Å². The molecule has 210 valence electrons. The number of hydrogen-bond donors (Lipinski definition) is 4. The highest BCUT2D eigenvalue weighted by molar-refractivity contribution is 7.97. The molecule has 0 unspecified atom stereocenters. The second-order valence-corrected chi connectivity index (χ2v) is 10.7. The lowest BCUT2D eigenvalue weighted by Gasteiger charge is -2.26. The van der Waals surface area contributed by atoms with E-state index in [1.807, 2.05) is 38.1 Å². The van der Waals surface area contributed by atoms with Gasteiger partial charge in [-0.15, -0.1) is 10.2 Å². The third-order valence-electron chi connectivity index (χ3n) is 6.80. The molecule has 0 saturated carbocycles. The molecule has 1 aliphatic rings. The number of hydrogen-bond acceptors (Lipinski definition) is 9. The number of morpholine rings is 1. The van der Waals surface area contributed by atoms with E-state index in [4.69, 9.17) is 9.88 Å². The van der Waals surface area contributed by atoms with Crippen molar-refractivity contribution >= 4 is 17.9 Å². The molecule has 0 aliphatic carbocycles. The molecule has 1 amide bonds. The summed E-state index contributed by atoms with van der Waals surface area (Å²) in [6, 6.07) is 11.0. The van der Waals surface area contributed by atoms with E-state index in [0.29, 0.717) is 29.2 Å². The number of amides is 1. The van der Waals surface area contributed by atoms with Crippen LogP contribution in [-0.2, 0) is 11.3 Å². The van der Waals surface area contributed by atoms with E-state index in [-0.39, 0.29) is 29.1 Å². The summed E-state index contributed by atoms with van der Waals surface area (Å²) in [6.07, 6.45) is 2.79. The number of unbranched alkanes of at least 4 members (excludes halogenated alkanes) is 2. The highest BCUT2D eigenvalue weighted by atomic mass is 32.2. The molecule has 3 aromatic rings. The van der Waals surface area contributed by atoms with Crippen LogP contribution < -0.4 is 10.5 Å². The molecule has 1 saturated heterocycles. The molecule has 0 atom stereocenters. The lowest BCUT2D eigenvalue weighted by Crippen LogP contribution is -2.35. The first kappa shape index (κ1) is 28.9. The monoisotopic (exact) mass is 554 g/mol. The number of phenolic OH excluding ortho intramolecular Hbond substituents is 2. The van der Waals surface area contributed by atoms with Crippen molar-refractivity contribution in [3.05, 3.63) is 53.3 Å². The zero-order valence-corrected chi connectivity index (χ0v) is 23.4. The molecule has 0 bridgehead atoms. The first-order valence-corrected chi connectivity index (χ1v) is 14.4. The standard InChI is InChI=1S/C28H38N6O4S/c1-19(2)22-16-23(25(36)17-24(22)35)26-31-32-27(28(37)30-10-4-3-5-15-39-29)34(26)21-8-6-20(7-9-21)18-33-11-13-38-14-12-33/h6-9,16-17,19,35-36H,3-5,10-15,18,29H2,1-2H3,(H,30,37). The number of aromatic nitrogens is 3. The van der Waals surface area contributed by atoms with Crippen molar-refractivity contribution in [1.82, 2.24) is 25.0 Å². The Morgan fingerprint density at radius 3 is 2.51 bits per heavy atom. The number of rotatable bonds is 12. The van der Waals surface area contributed by atoms with Gasteiger partial charge >= 0.3 is 0 Å². The molecule has 5 N–H and O–H groups in total. The zero-order chi connectivity index (χ0) is 27.8. The number of carbonyl (C=O) groups excluding carboxylic acids is 1. The van der Waals surface area contributed by atoms with Gasteiger partial charge in [-0.25, -0.2) is 0 Å². The highest BCUT2D eigenvalue weighted by Gasteiger charge is 2.24. The summed E-state index contributed by atoms with van der Waals surface area (Å²) in [4.78, 5) is 15.6. The van der Waals surface area contributed by atoms with Crippen molar-refractivity contribution in [1.29, 1.82) is 0 Å². The summed E-state index contributed by atoms with van der Waals surface area (Å²) in [5.74, 6) is 0.876. The molecule has 10 nitrogen and oxygen atoms in total. The number of ether oxygens (including phenoxy) is 1. The number of nitrogens with one attached hydrogen (secondary N) is 1. The fourth-order valence-electron chi connectivity index (χ4n) is 4.62. The van der Waals surface area contributed by atoms with Crippen molar-refractivity contribution in [2.24, 2.45) is 5.14 Å². The fourth-order valence-corrected chi connectivity index (χ4v) is 4.99. The minimum Gasteiger partial charge on any atom is -0.508 e. The molecule has 1 aliphatic heterocycles. The molecule has 2 heterocycles. The van der Waals surface area contributed by atoms with Gasteiger partial charge < -0.3 is 20.3 Å². The van der Waals surface area contributed by atoms with Crippen LogP contribution in [0.15, 0.2) is 36.4 Å². The van der Waals surface area contributed by atoms with Crippen LogP contribution in [0, 0.1) is 0 Å². The topological polar surface area (TPSA) is 139 Å². The average molecular weight is 555 g/mol. The number of nitrogens with two attached hydrogens (primary N) is 1. The maximum Gasteiger partial charge on any atom is 0.289 e.